The molecular formula is C14H30N2O. The number of nitrogens with zero attached hydrogens (tertiary/aromatic N) is 2. The molecular weight excluding hydrogens is 212 g/mol. The van der Waals surface area contributed by atoms with Gasteiger partial charge in [-0.15, -0.1) is 0 Å². The van der Waals surface area contributed by atoms with Crippen LogP contribution in [0.15, 0.2) is 0 Å². The molecule has 1 saturated heterocycles. The molecule has 0 unspecified atom stereocenters. The quantitative estimate of drug-likeness (QED) is 0.752. The van der Waals surface area contributed by atoms with Gasteiger partial charge in [0.25, 0.3) is 0 Å². The molecule has 3 heteroatoms. The first-order valence-corrected chi connectivity index (χ1v) is 6.70. The molecule has 17 heavy (non-hydrogen) atoms. The van der Waals surface area contributed by atoms with Crippen LogP contribution in [0.5, 0.6) is 0 Å². The van der Waals surface area contributed by atoms with Gasteiger partial charge in [0.15, 0.2) is 0 Å². The maximum atomic E-state index is 6.07. The summed E-state index contributed by atoms with van der Waals surface area (Å²) in [6, 6.07) is 0. The first-order chi connectivity index (χ1) is 7.65. The van der Waals surface area contributed by atoms with Crippen molar-refractivity contribution in [1.29, 1.82) is 0 Å². The highest BCUT2D eigenvalue weighted by Gasteiger charge is 2.46. The predicted octanol–water partition coefficient (Wildman–Crippen LogP) is 2.22. The molecule has 0 aromatic carbocycles. The first-order valence-electron chi connectivity index (χ1n) is 6.70. The van der Waals surface area contributed by atoms with Crippen molar-refractivity contribution in [3.05, 3.63) is 0 Å². The Kier molecular flexibility index (Phi) is 4.61. The molecule has 1 fully saturated rings. The molecule has 3 nitrogen and oxygen atoms in total. The molecule has 0 N–H and O–H groups in total. The van der Waals surface area contributed by atoms with Gasteiger partial charge in [-0.25, -0.2) is 0 Å². The van der Waals surface area contributed by atoms with Crippen LogP contribution in [-0.4, -0.2) is 60.8 Å². The lowest BCUT2D eigenvalue weighted by Gasteiger charge is -2.44. The highest BCUT2D eigenvalue weighted by molar-refractivity contribution is 5.01. The van der Waals surface area contributed by atoms with E-state index in [4.69, 9.17) is 4.74 Å². The van der Waals surface area contributed by atoms with Crippen molar-refractivity contribution in [2.75, 3.05) is 33.8 Å². The highest BCUT2D eigenvalue weighted by Crippen LogP contribution is 2.36. The van der Waals surface area contributed by atoms with Crippen LogP contribution in [0.3, 0.4) is 0 Å². The fourth-order valence-electron chi connectivity index (χ4n) is 2.93. The van der Waals surface area contributed by atoms with E-state index in [0.717, 1.165) is 26.1 Å². The van der Waals surface area contributed by atoms with Crippen LogP contribution in [0.2, 0.25) is 0 Å². The van der Waals surface area contributed by atoms with Crippen LogP contribution < -0.4 is 0 Å². The minimum absolute atomic E-state index is 0.143. The molecule has 1 aliphatic heterocycles. The third kappa shape index (κ3) is 3.67. The SMILES string of the molecule is CN(C)CCO[C@H]1CCN(C(C)(C)C)C1(C)C. The Morgan fingerprint density at radius 3 is 2.29 bits per heavy atom. The monoisotopic (exact) mass is 242 g/mol. The van der Waals surface area contributed by atoms with E-state index < -0.39 is 0 Å². The average Bonchev–Trinajstić information content (AvgIpc) is 2.40. The molecule has 1 heterocycles. The van der Waals surface area contributed by atoms with Crippen molar-refractivity contribution in [3.8, 4) is 0 Å². The molecule has 1 rings (SSSR count). The first kappa shape index (κ1) is 14.9. The van der Waals surface area contributed by atoms with Gasteiger partial charge >= 0.3 is 0 Å². The van der Waals surface area contributed by atoms with Gasteiger partial charge in [0.05, 0.1) is 12.7 Å². The Morgan fingerprint density at radius 2 is 1.88 bits per heavy atom. The predicted molar refractivity (Wildman–Crippen MR) is 73.4 cm³/mol. The fourth-order valence-corrected chi connectivity index (χ4v) is 2.93. The number of likely N-dealkylation sites (N-methyl/N-ethyl adjacent to an activating group) is 1. The minimum Gasteiger partial charge on any atom is -0.375 e. The molecule has 0 bridgehead atoms. The van der Waals surface area contributed by atoms with Crippen LogP contribution in [0.25, 0.3) is 0 Å². The summed E-state index contributed by atoms with van der Waals surface area (Å²) in [4.78, 5) is 4.74. The second kappa shape index (κ2) is 5.25. The largest absolute Gasteiger partial charge is 0.375 e. The van der Waals surface area contributed by atoms with E-state index in [9.17, 15) is 0 Å². The normalized spacial score (nSPS) is 25.8. The molecule has 1 aliphatic rings. The summed E-state index contributed by atoms with van der Waals surface area (Å²) >= 11 is 0. The lowest BCUT2D eigenvalue weighted by Crippen LogP contribution is -2.54. The van der Waals surface area contributed by atoms with E-state index in [1.165, 1.54) is 0 Å². The van der Waals surface area contributed by atoms with Crippen LogP contribution in [0.4, 0.5) is 0 Å². The molecule has 0 spiro atoms. The smallest absolute Gasteiger partial charge is 0.0766 e. The highest BCUT2D eigenvalue weighted by atomic mass is 16.5. The van der Waals surface area contributed by atoms with Crippen molar-refractivity contribution in [3.63, 3.8) is 0 Å². The van der Waals surface area contributed by atoms with Crippen molar-refractivity contribution >= 4 is 0 Å². The Morgan fingerprint density at radius 1 is 1.29 bits per heavy atom. The molecule has 0 saturated carbocycles. The maximum absolute atomic E-state index is 6.07. The van der Waals surface area contributed by atoms with Crippen molar-refractivity contribution in [2.24, 2.45) is 0 Å². The zero-order valence-corrected chi connectivity index (χ0v) is 12.7. The summed E-state index contributed by atoms with van der Waals surface area (Å²) in [6.07, 6.45) is 1.51. The van der Waals surface area contributed by atoms with Gasteiger partial charge in [-0.05, 0) is 55.1 Å². The van der Waals surface area contributed by atoms with Gasteiger partial charge in [0.1, 0.15) is 0 Å². The van der Waals surface area contributed by atoms with Crippen molar-refractivity contribution in [2.45, 2.75) is 58.2 Å². The minimum atomic E-state index is 0.143. The zero-order chi connectivity index (χ0) is 13.3. The van der Waals surface area contributed by atoms with E-state index in [1.54, 1.807) is 0 Å². The van der Waals surface area contributed by atoms with Crippen molar-refractivity contribution in [1.82, 2.24) is 9.80 Å². The Bertz CT molecular complexity index is 243. The number of hydrogen-bond donors (Lipinski definition) is 0. The topological polar surface area (TPSA) is 15.7 Å². The van der Waals surface area contributed by atoms with Crippen LogP contribution >= 0.6 is 0 Å². The standard InChI is InChI=1S/C14H30N2O/c1-13(2,3)16-9-8-12(14(16,4)5)17-11-10-15(6)7/h12H,8-11H2,1-7H3/t12-/m0/s1. The lowest BCUT2D eigenvalue weighted by molar-refractivity contribution is -0.0388. The molecule has 0 amide bonds. The van der Waals surface area contributed by atoms with E-state index in [1.807, 2.05) is 0 Å². The molecule has 0 aliphatic carbocycles. The van der Waals surface area contributed by atoms with E-state index in [2.05, 4.69) is 58.5 Å². The fraction of sp³-hybridized carbons (Fsp3) is 1.00. The average molecular weight is 242 g/mol. The summed E-state index contributed by atoms with van der Waals surface area (Å²) in [7, 11) is 4.18. The number of hydrogen-bond acceptors (Lipinski definition) is 3. The summed E-state index contributed by atoms with van der Waals surface area (Å²) < 4.78 is 6.07. The maximum Gasteiger partial charge on any atom is 0.0766 e. The third-order valence-electron chi connectivity index (χ3n) is 3.77. The Labute approximate surface area is 107 Å². The van der Waals surface area contributed by atoms with Crippen LogP contribution in [-0.2, 0) is 4.74 Å². The summed E-state index contributed by atoms with van der Waals surface area (Å²) in [5.41, 5.74) is 0.369. The van der Waals surface area contributed by atoms with Crippen LogP contribution in [0.1, 0.15) is 41.0 Å². The summed E-state index contributed by atoms with van der Waals surface area (Å²) in [5, 5.41) is 0. The molecule has 0 aromatic heterocycles. The number of likely N-dealkylation sites (tertiary alicyclic amines) is 1. The second-order valence-corrected chi connectivity index (χ2v) is 6.93. The number of rotatable bonds is 4. The van der Waals surface area contributed by atoms with Gasteiger partial charge in [-0.1, -0.05) is 0 Å². The van der Waals surface area contributed by atoms with Crippen molar-refractivity contribution < 1.29 is 4.74 Å². The Balaban J connectivity index is 2.54. The van der Waals surface area contributed by atoms with Gasteiger partial charge in [0.2, 0.25) is 0 Å². The lowest BCUT2D eigenvalue weighted by atomic mass is 9.94. The molecule has 102 valence electrons. The summed E-state index contributed by atoms with van der Waals surface area (Å²) in [6.45, 7) is 14.5. The number of ether oxygens (including phenoxy) is 1. The summed E-state index contributed by atoms with van der Waals surface area (Å²) in [5.74, 6) is 0. The molecule has 0 radical (unpaired) electrons. The van der Waals surface area contributed by atoms with Gasteiger partial charge < -0.3 is 9.64 Å². The van der Waals surface area contributed by atoms with Crippen LogP contribution in [0, 0.1) is 0 Å². The molecule has 1 atom stereocenters. The Hall–Kier alpha value is -0.120. The van der Waals surface area contributed by atoms with E-state index in [-0.39, 0.29) is 11.1 Å². The van der Waals surface area contributed by atoms with Gasteiger partial charge in [0, 0.05) is 24.2 Å². The van der Waals surface area contributed by atoms with E-state index in [0.29, 0.717) is 6.10 Å². The van der Waals surface area contributed by atoms with E-state index >= 15 is 0 Å². The molecule has 0 aromatic rings. The van der Waals surface area contributed by atoms with Gasteiger partial charge in [-0.3, -0.25) is 4.90 Å². The third-order valence-corrected chi connectivity index (χ3v) is 3.77. The second-order valence-electron chi connectivity index (χ2n) is 6.93. The zero-order valence-electron chi connectivity index (χ0n) is 12.7. The van der Waals surface area contributed by atoms with Gasteiger partial charge in [-0.2, -0.15) is 0 Å².